The zero-order valence-corrected chi connectivity index (χ0v) is 66.2. The molecule has 12 heteroatoms. The van der Waals surface area contributed by atoms with Crippen molar-refractivity contribution in [1.29, 1.82) is 0 Å². The van der Waals surface area contributed by atoms with Crippen molar-refractivity contribution in [2.45, 2.75) is 207 Å². The number of carbonyl (C=O) groups is 4. The molecule has 4 heterocycles. The van der Waals surface area contributed by atoms with Gasteiger partial charge >= 0.3 is 0 Å². The molecule has 12 nitrogen and oxygen atoms in total. The van der Waals surface area contributed by atoms with Gasteiger partial charge in [-0.05, 0) is 277 Å². The lowest BCUT2D eigenvalue weighted by Crippen LogP contribution is -2.37. The van der Waals surface area contributed by atoms with Crippen molar-refractivity contribution in [3.05, 3.63) is 237 Å². The number of hydrogen-bond acceptors (Lipinski definition) is 8. The van der Waals surface area contributed by atoms with Crippen LogP contribution >= 0.6 is 0 Å². The lowest BCUT2D eigenvalue weighted by molar-refractivity contribution is -0.122. The van der Waals surface area contributed by atoms with Gasteiger partial charge in [0, 0.05) is 90.3 Å². The molecule has 0 saturated heterocycles. The highest BCUT2D eigenvalue weighted by atomic mass is 16.5. The monoisotopic (exact) mass is 1450 g/mol. The van der Waals surface area contributed by atoms with E-state index in [1.54, 1.807) is 0 Å². The quantitative estimate of drug-likeness (QED) is 0.0943. The van der Waals surface area contributed by atoms with Crippen LogP contribution in [0.2, 0.25) is 0 Å². The minimum absolute atomic E-state index is 0.0310. The standard InChI is InChI=1S/4C24H29NO2/c4*1-16-4-7-20(8-5-16)25-23(26)18(3)19-10-12-24(13-11-19)15-27-22-14-17(2)6-9-21(22)24/h4*4-9,14,18-19H,10-13,15H2,1-3H3,(H,25,26)/t4*18-,19?,24?/m1100/s1. The molecule has 4 N–H and O–H groups in total. The van der Waals surface area contributed by atoms with E-state index in [-0.39, 0.29) is 69.0 Å². The van der Waals surface area contributed by atoms with Crippen LogP contribution in [-0.4, -0.2) is 50.1 Å². The second-order valence-electron chi connectivity index (χ2n) is 34.2. The van der Waals surface area contributed by atoms with Gasteiger partial charge in [0.05, 0.1) is 26.4 Å². The number of rotatable bonds is 12. The number of carbonyl (C=O) groups excluding carboxylic acids is 4. The highest BCUT2D eigenvalue weighted by molar-refractivity contribution is 5.94. The van der Waals surface area contributed by atoms with E-state index in [1.807, 2.05) is 97.1 Å². The molecule has 8 aromatic carbocycles. The second-order valence-corrected chi connectivity index (χ2v) is 34.2. The summed E-state index contributed by atoms with van der Waals surface area (Å²) in [4.78, 5) is 50.8. The largest absolute Gasteiger partial charge is 0.492 e. The Bertz CT molecular complexity index is 3900. The minimum Gasteiger partial charge on any atom is -0.492 e. The van der Waals surface area contributed by atoms with Crippen molar-refractivity contribution >= 4 is 46.4 Å². The van der Waals surface area contributed by atoms with E-state index in [9.17, 15) is 19.2 Å². The average molecular weight is 1450 g/mol. The predicted molar refractivity (Wildman–Crippen MR) is 437 cm³/mol. The lowest BCUT2D eigenvalue weighted by atomic mass is 9.65. The second kappa shape index (κ2) is 33.0. The van der Waals surface area contributed by atoms with Gasteiger partial charge in [-0.25, -0.2) is 0 Å². The van der Waals surface area contributed by atoms with Gasteiger partial charge in [-0.2, -0.15) is 0 Å². The Labute approximate surface area is 643 Å². The van der Waals surface area contributed by atoms with Crippen molar-refractivity contribution in [3.63, 3.8) is 0 Å². The van der Waals surface area contributed by atoms with Crippen LogP contribution in [0.15, 0.2) is 170 Å². The molecule has 568 valence electrons. The molecule has 0 bridgehead atoms. The fourth-order valence-electron chi connectivity index (χ4n) is 18.8. The number of hydrogen-bond donors (Lipinski definition) is 4. The number of nitrogens with one attached hydrogen (secondary N) is 4. The molecule has 8 aromatic rings. The Morgan fingerprint density at radius 1 is 0.269 bits per heavy atom. The molecule has 16 rings (SSSR count). The van der Waals surface area contributed by atoms with Crippen LogP contribution in [0.1, 0.15) is 197 Å². The molecule has 4 saturated carbocycles. The summed E-state index contributed by atoms with van der Waals surface area (Å²) in [6.45, 7) is 28.1. The summed E-state index contributed by atoms with van der Waals surface area (Å²) in [7, 11) is 0. The fraction of sp³-hybridized carbons (Fsp3) is 0.458. The first-order chi connectivity index (χ1) is 51.9. The maximum absolute atomic E-state index is 12.7. The summed E-state index contributed by atoms with van der Waals surface area (Å²) in [5, 5.41) is 12.3. The van der Waals surface area contributed by atoms with Gasteiger partial charge in [-0.15, -0.1) is 0 Å². The van der Waals surface area contributed by atoms with E-state index in [1.165, 1.54) is 66.8 Å². The van der Waals surface area contributed by atoms with E-state index < -0.39 is 0 Å². The van der Waals surface area contributed by atoms with E-state index in [2.05, 4.69) is 177 Å². The molecule has 4 atom stereocenters. The SMILES string of the molecule is Cc1ccc(NC(=O)[C@@H](C)C2CCC3(CC2)COc2cc(C)ccc23)cc1.Cc1ccc(NC(=O)[C@@H](C)C2CCC3(CC2)COc2cc(C)ccc23)cc1.Cc1ccc(NC(=O)[C@H](C)C2CCC3(CC2)COc2cc(C)ccc23)cc1.Cc1ccc(NC(=O)[C@H](C)C2CCC3(CC2)COc2cc(C)ccc23)cc1. The molecule has 0 unspecified atom stereocenters. The molecule has 0 radical (unpaired) electrons. The van der Waals surface area contributed by atoms with Crippen LogP contribution in [-0.2, 0) is 40.8 Å². The summed E-state index contributed by atoms with van der Waals surface area (Å²) < 4.78 is 24.1. The molecule has 8 aliphatic rings. The van der Waals surface area contributed by atoms with Crippen LogP contribution in [0.25, 0.3) is 0 Å². The molecular formula is C96H116N4O8. The van der Waals surface area contributed by atoms with Crippen LogP contribution in [0.4, 0.5) is 22.7 Å². The normalized spacial score (nSPS) is 24.9. The maximum Gasteiger partial charge on any atom is 0.227 e. The Hall–Kier alpha value is -9.16. The first-order valence-corrected chi connectivity index (χ1v) is 40.3. The van der Waals surface area contributed by atoms with Crippen LogP contribution in [0, 0.1) is 103 Å². The Morgan fingerprint density at radius 3 is 0.611 bits per heavy atom. The van der Waals surface area contributed by atoms with Gasteiger partial charge in [0.1, 0.15) is 23.0 Å². The summed E-state index contributed by atoms with van der Waals surface area (Å²) >= 11 is 0. The number of fused-ring (bicyclic) bond motifs is 8. The molecule has 4 amide bonds. The van der Waals surface area contributed by atoms with Gasteiger partial charge in [0.15, 0.2) is 0 Å². The van der Waals surface area contributed by atoms with Crippen molar-refractivity contribution in [1.82, 2.24) is 0 Å². The number of ether oxygens (including phenoxy) is 4. The number of anilines is 4. The van der Waals surface area contributed by atoms with Crippen LogP contribution < -0.4 is 40.2 Å². The molecule has 4 fully saturated rings. The smallest absolute Gasteiger partial charge is 0.227 e. The van der Waals surface area contributed by atoms with Gasteiger partial charge in [-0.3, -0.25) is 19.2 Å². The van der Waals surface area contributed by atoms with Crippen molar-refractivity contribution in [3.8, 4) is 23.0 Å². The maximum atomic E-state index is 12.7. The zero-order valence-electron chi connectivity index (χ0n) is 66.2. The van der Waals surface area contributed by atoms with Gasteiger partial charge in [-0.1, -0.05) is 147 Å². The fourth-order valence-corrected chi connectivity index (χ4v) is 18.8. The number of aryl methyl sites for hydroxylation is 8. The summed E-state index contributed by atoms with van der Waals surface area (Å²) in [5.41, 5.74) is 19.5. The van der Waals surface area contributed by atoms with E-state index in [0.29, 0.717) is 23.7 Å². The molecule has 4 spiro atoms. The summed E-state index contributed by atoms with van der Waals surface area (Å²) in [6.07, 6.45) is 17.5. The Balaban J connectivity index is 0.000000127. The molecule has 4 aliphatic heterocycles. The Morgan fingerprint density at radius 2 is 0.435 bits per heavy atom. The third-order valence-electron chi connectivity index (χ3n) is 26.6. The van der Waals surface area contributed by atoms with Gasteiger partial charge in [0.25, 0.3) is 0 Å². The highest BCUT2D eigenvalue weighted by Crippen LogP contribution is 2.55. The third-order valence-corrected chi connectivity index (χ3v) is 26.6. The Kier molecular flexibility index (Phi) is 23.5. The number of benzene rings is 8. The first-order valence-electron chi connectivity index (χ1n) is 40.3. The summed E-state index contributed by atoms with van der Waals surface area (Å²) in [5.74, 6) is 6.71. The molecule has 4 aliphatic carbocycles. The molecular weight excluding hydrogens is 1340 g/mol. The van der Waals surface area contributed by atoms with E-state index in [4.69, 9.17) is 18.9 Å². The topological polar surface area (TPSA) is 153 Å². The highest BCUT2D eigenvalue weighted by Gasteiger charge is 2.49. The van der Waals surface area contributed by atoms with Crippen LogP contribution in [0.3, 0.4) is 0 Å². The zero-order chi connectivity index (χ0) is 76.1. The lowest BCUT2D eigenvalue weighted by Gasteiger charge is -2.38. The van der Waals surface area contributed by atoms with Crippen molar-refractivity contribution in [2.75, 3.05) is 47.7 Å². The molecule has 0 aromatic heterocycles. The van der Waals surface area contributed by atoms with Gasteiger partial charge in [0.2, 0.25) is 23.6 Å². The minimum atomic E-state index is 0.0310. The number of amides is 4. The van der Waals surface area contributed by atoms with Gasteiger partial charge < -0.3 is 40.2 Å². The van der Waals surface area contributed by atoms with Crippen molar-refractivity contribution < 1.29 is 38.1 Å². The molecule has 108 heavy (non-hydrogen) atoms. The van der Waals surface area contributed by atoms with E-state index in [0.717, 1.165) is 175 Å². The van der Waals surface area contributed by atoms with Crippen LogP contribution in [0.5, 0.6) is 23.0 Å². The van der Waals surface area contributed by atoms with Crippen molar-refractivity contribution in [2.24, 2.45) is 47.3 Å². The predicted octanol–water partition coefficient (Wildman–Crippen LogP) is 21.6. The van der Waals surface area contributed by atoms with E-state index >= 15 is 0 Å². The first kappa shape index (κ1) is 77.0. The summed E-state index contributed by atoms with van der Waals surface area (Å²) in [6, 6.07) is 58.5. The average Bonchev–Trinajstić information content (AvgIpc) is 1.62. The third kappa shape index (κ3) is 17.3.